The average Bonchev–Trinajstić information content (AvgIpc) is 2.33. The zero-order valence-electron chi connectivity index (χ0n) is 5.65. The zero-order valence-corrected chi connectivity index (χ0v) is 5.65. The summed E-state index contributed by atoms with van der Waals surface area (Å²) >= 11 is 0. The van der Waals surface area contributed by atoms with Crippen LogP contribution in [0, 0.1) is 6.20 Å². The summed E-state index contributed by atoms with van der Waals surface area (Å²) in [6.07, 6.45) is 4.56. The van der Waals surface area contributed by atoms with Crippen molar-refractivity contribution in [1.82, 2.24) is 14.8 Å². The standard InChI is InChI=1S/C6H4N3.Li/c1-2-4-9-6(3-1)5-7-8-9;/h1-3,5H;/q-1;+1. The third kappa shape index (κ3) is 1.06. The van der Waals surface area contributed by atoms with Gasteiger partial charge in [-0.3, -0.25) is 0 Å². The molecule has 2 aromatic heterocycles. The van der Waals surface area contributed by atoms with Crippen LogP contribution in [0.5, 0.6) is 0 Å². The molecule has 0 spiro atoms. The summed E-state index contributed by atoms with van der Waals surface area (Å²) < 4.78 is 1.60. The monoisotopic (exact) mass is 125 g/mol. The predicted molar refractivity (Wildman–Crippen MR) is 31.8 cm³/mol. The molecule has 0 atom stereocenters. The van der Waals surface area contributed by atoms with Crippen molar-refractivity contribution in [1.29, 1.82) is 0 Å². The Morgan fingerprint density at radius 1 is 1.50 bits per heavy atom. The zero-order chi connectivity index (χ0) is 6.10. The molecule has 0 amide bonds. The fourth-order valence-corrected chi connectivity index (χ4v) is 0.717. The number of fused-ring (bicyclic) bond motifs is 1. The van der Waals surface area contributed by atoms with Gasteiger partial charge >= 0.3 is 18.9 Å². The van der Waals surface area contributed by atoms with Gasteiger partial charge in [-0.05, 0) is 5.52 Å². The van der Waals surface area contributed by atoms with E-state index in [2.05, 4.69) is 16.5 Å². The van der Waals surface area contributed by atoms with Gasteiger partial charge in [-0.25, -0.2) is 0 Å². The first-order valence-corrected chi connectivity index (χ1v) is 2.64. The Balaban J connectivity index is 0.000000500. The van der Waals surface area contributed by atoms with E-state index in [0.29, 0.717) is 0 Å². The summed E-state index contributed by atoms with van der Waals surface area (Å²) in [5, 5.41) is 7.41. The third-order valence-electron chi connectivity index (χ3n) is 1.14. The minimum atomic E-state index is 0. The van der Waals surface area contributed by atoms with E-state index in [-0.39, 0.29) is 18.9 Å². The van der Waals surface area contributed by atoms with Crippen LogP contribution in [0.1, 0.15) is 0 Å². The van der Waals surface area contributed by atoms with Crippen molar-refractivity contribution in [2.24, 2.45) is 0 Å². The molecular weight excluding hydrogens is 121 g/mol. The molecule has 3 nitrogen and oxygen atoms in total. The Kier molecular flexibility index (Phi) is 2.10. The van der Waals surface area contributed by atoms with E-state index in [9.17, 15) is 0 Å². The van der Waals surface area contributed by atoms with E-state index in [1.807, 2.05) is 12.1 Å². The van der Waals surface area contributed by atoms with Gasteiger partial charge in [0, 0.05) is 6.20 Å². The van der Waals surface area contributed by atoms with Crippen molar-refractivity contribution in [3.63, 3.8) is 0 Å². The average molecular weight is 125 g/mol. The smallest absolute Gasteiger partial charge is 0.329 e. The normalized spacial score (nSPS) is 9.20. The summed E-state index contributed by atoms with van der Waals surface area (Å²) in [7, 11) is 0. The van der Waals surface area contributed by atoms with Crippen LogP contribution in [-0.4, -0.2) is 14.8 Å². The van der Waals surface area contributed by atoms with E-state index in [1.165, 1.54) is 0 Å². The Hall–Kier alpha value is -0.783. The van der Waals surface area contributed by atoms with Crippen LogP contribution in [0.3, 0.4) is 0 Å². The molecule has 2 heterocycles. The van der Waals surface area contributed by atoms with E-state index in [4.69, 9.17) is 0 Å². The van der Waals surface area contributed by atoms with Gasteiger partial charge < -0.3 is 4.52 Å². The van der Waals surface area contributed by atoms with Gasteiger partial charge in [-0.1, -0.05) is 11.4 Å². The molecule has 44 valence electrons. The van der Waals surface area contributed by atoms with Gasteiger partial charge in [0.05, 0.1) is 0 Å². The van der Waals surface area contributed by atoms with Gasteiger partial charge in [0.25, 0.3) is 0 Å². The fraction of sp³-hybridized carbons (Fsp3) is 0. The first kappa shape index (κ1) is 7.33. The molecule has 0 saturated heterocycles. The van der Waals surface area contributed by atoms with E-state index < -0.39 is 0 Å². The number of rotatable bonds is 0. The third-order valence-corrected chi connectivity index (χ3v) is 1.14. The molecule has 0 fully saturated rings. The second-order valence-corrected chi connectivity index (χ2v) is 1.73. The van der Waals surface area contributed by atoms with Gasteiger partial charge in [0.15, 0.2) is 0 Å². The van der Waals surface area contributed by atoms with Crippen LogP contribution in [0.25, 0.3) is 5.52 Å². The number of pyridine rings is 1. The molecule has 0 unspecified atom stereocenters. The second-order valence-electron chi connectivity index (χ2n) is 1.73. The molecule has 0 saturated carbocycles. The summed E-state index contributed by atoms with van der Waals surface area (Å²) in [5.41, 5.74) is 0.970. The van der Waals surface area contributed by atoms with Crippen LogP contribution >= 0.6 is 0 Å². The molecule has 10 heavy (non-hydrogen) atoms. The molecule has 0 bridgehead atoms. The van der Waals surface area contributed by atoms with Crippen LogP contribution < -0.4 is 18.9 Å². The number of aromatic nitrogens is 3. The molecule has 0 N–H and O–H groups in total. The Morgan fingerprint density at radius 3 is 3.20 bits per heavy atom. The number of nitrogens with zero attached hydrogens (tertiary/aromatic N) is 3. The minimum Gasteiger partial charge on any atom is -0.329 e. The molecule has 0 aliphatic rings. The summed E-state index contributed by atoms with van der Waals surface area (Å²) in [6, 6.07) is 5.62. The maximum Gasteiger partial charge on any atom is 1.00 e. The van der Waals surface area contributed by atoms with Crippen molar-refractivity contribution in [2.75, 3.05) is 0 Å². The van der Waals surface area contributed by atoms with Crippen molar-refractivity contribution in [2.45, 2.75) is 0 Å². The predicted octanol–water partition coefficient (Wildman–Crippen LogP) is -2.47. The Bertz CT molecular complexity index is 287. The molecular formula is C6H4LiN3. The summed E-state index contributed by atoms with van der Waals surface area (Å²) in [6.45, 7) is 0. The first-order valence-electron chi connectivity index (χ1n) is 2.64. The molecule has 4 heteroatoms. The van der Waals surface area contributed by atoms with Gasteiger partial charge in [0.2, 0.25) is 0 Å². The van der Waals surface area contributed by atoms with Gasteiger partial charge in [-0.2, -0.15) is 17.2 Å². The molecule has 0 aromatic carbocycles. The van der Waals surface area contributed by atoms with Crippen molar-refractivity contribution in [3.05, 3.63) is 30.6 Å². The van der Waals surface area contributed by atoms with Crippen molar-refractivity contribution < 1.29 is 18.9 Å². The Labute approximate surface area is 70.2 Å². The number of hydrogen-bond donors (Lipinski definition) is 0. The van der Waals surface area contributed by atoms with Crippen LogP contribution in [0.4, 0.5) is 0 Å². The first-order chi connectivity index (χ1) is 4.47. The van der Waals surface area contributed by atoms with Gasteiger partial charge in [-0.15, -0.1) is 6.07 Å². The SMILES string of the molecule is [Li+].[c-]1cccc2cnnn12. The Morgan fingerprint density at radius 2 is 2.40 bits per heavy atom. The van der Waals surface area contributed by atoms with Crippen LogP contribution in [-0.2, 0) is 0 Å². The van der Waals surface area contributed by atoms with E-state index >= 15 is 0 Å². The maximum atomic E-state index is 3.73. The van der Waals surface area contributed by atoms with Crippen molar-refractivity contribution >= 4 is 5.52 Å². The second kappa shape index (κ2) is 2.87. The van der Waals surface area contributed by atoms with Crippen LogP contribution in [0.15, 0.2) is 24.4 Å². The van der Waals surface area contributed by atoms with E-state index in [1.54, 1.807) is 16.8 Å². The quantitative estimate of drug-likeness (QED) is 0.288. The molecule has 2 aromatic rings. The molecule has 0 radical (unpaired) electrons. The molecule has 0 aliphatic carbocycles. The molecule has 0 aliphatic heterocycles. The molecule has 2 rings (SSSR count). The minimum absolute atomic E-state index is 0. The number of hydrogen-bond acceptors (Lipinski definition) is 2. The van der Waals surface area contributed by atoms with Crippen LogP contribution in [0.2, 0.25) is 0 Å². The summed E-state index contributed by atoms with van der Waals surface area (Å²) in [5.74, 6) is 0. The van der Waals surface area contributed by atoms with Crippen molar-refractivity contribution in [3.8, 4) is 0 Å². The van der Waals surface area contributed by atoms with E-state index in [0.717, 1.165) is 5.52 Å². The topological polar surface area (TPSA) is 30.2 Å². The van der Waals surface area contributed by atoms with Gasteiger partial charge in [0.1, 0.15) is 0 Å². The largest absolute Gasteiger partial charge is 1.00 e. The fourth-order valence-electron chi connectivity index (χ4n) is 0.717. The summed E-state index contributed by atoms with van der Waals surface area (Å²) in [4.78, 5) is 0. The maximum absolute atomic E-state index is 3.73.